The van der Waals surface area contributed by atoms with Crippen LogP contribution < -0.4 is 5.73 Å². The summed E-state index contributed by atoms with van der Waals surface area (Å²) >= 11 is 0. The van der Waals surface area contributed by atoms with Gasteiger partial charge < -0.3 is 5.73 Å². The summed E-state index contributed by atoms with van der Waals surface area (Å²) in [4.78, 5) is 0. The predicted molar refractivity (Wildman–Crippen MR) is 39.7 cm³/mol. The molecule has 1 aliphatic carbocycles. The lowest BCUT2D eigenvalue weighted by atomic mass is 10.3. The van der Waals surface area contributed by atoms with Crippen LogP contribution >= 0.6 is 0 Å². The average Bonchev–Trinajstić information content (AvgIpc) is 1.79. The summed E-state index contributed by atoms with van der Waals surface area (Å²) in [7, 11) is 0. The van der Waals surface area contributed by atoms with Crippen molar-refractivity contribution in [1.82, 2.24) is 0 Å². The van der Waals surface area contributed by atoms with Crippen LogP contribution in [-0.2, 0) is 0 Å². The van der Waals surface area contributed by atoms with Crippen molar-refractivity contribution < 1.29 is 0 Å². The van der Waals surface area contributed by atoms with Crippen molar-refractivity contribution in [1.29, 1.82) is 0 Å². The largest absolute Gasteiger partial charge is 0.399 e. The Hall–Kier alpha value is -1.24. The van der Waals surface area contributed by atoms with Gasteiger partial charge in [-0.3, -0.25) is 0 Å². The van der Waals surface area contributed by atoms with Crippen molar-refractivity contribution in [3.8, 4) is 0 Å². The van der Waals surface area contributed by atoms with Crippen molar-refractivity contribution in [2.24, 2.45) is 5.73 Å². The number of hydrogen-bond acceptors (Lipinski definition) is 1. The summed E-state index contributed by atoms with van der Waals surface area (Å²) in [5.74, 6) is 0. The number of hydrogen-bond donors (Lipinski definition) is 1. The van der Waals surface area contributed by atoms with Gasteiger partial charge in [-0.15, -0.1) is 0 Å². The molecular weight excluding hydrogens is 110 g/mol. The van der Waals surface area contributed by atoms with Crippen LogP contribution in [0.25, 0.3) is 0 Å². The molecule has 1 rings (SSSR count). The summed E-state index contributed by atoms with van der Waals surface area (Å²) in [5.41, 5.74) is 6.28. The van der Waals surface area contributed by atoms with E-state index in [-0.39, 0.29) is 0 Å². The van der Waals surface area contributed by atoms with Gasteiger partial charge in [0.1, 0.15) is 0 Å². The van der Waals surface area contributed by atoms with Crippen LogP contribution in [0.3, 0.4) is 0 Å². The van der Waals surface area contributed by atoms with E-state index >= 15 is 0 Å². The fourth-order valence-electron chi connectivity index (χ4n) is 0.581. The molecule has 1 heteroatoms. The Morgan fingerprint density at radius 2 is 1.56 bits per heavy atom. The molecule has 0 amide bonds. The first kappa shape index (κ1) is 5.89. The second kappa shape index (κ2) is 2.92. The van der Waals surface area contributed by atoms with Gasteiger partial charge in [-0.2, -0.15) is 0 Å². The molecule has 1 aliphatic rings. The molecule has 0 radical (unpaired) electrons. The van der Waals surface area contributed by atoms with Gasteiger partial charge >= 0.3 is 0 Å². The molecule has 0 unspecified atom stereocenters. The van der Waals surface area contributed by atoms with Gasteiger partial charge in [0, 0.05) is 5.70 Å². The normalized spacial score (nSPS) is 33.1. The van der Waals surface area contributed by atoms with Gasteiger partial charge in [-0.1, -0.05) is 30.4 Å². The fourth-order valence-corrected chi connectivity index (χ4v) is 0.581. The summed E-state index contributed by atoms with van der Waals surface area (Å²) in [5, 5.41) is 0. The first-order valence-electron chi connectivity index (χ1n) is 2.87. The van der Waals surface area contributed by atoms with Crippen LogP contribution in [-0.4, -0.2) is 0 Å². The summed E-state index contributed by atoms with van der Waals surface area (Å²) in [6, 6.07) is 0. The lowest BCUT2D eigenvalue weighted by Crippen LogP contribution is -1.90. The number of nitrogens with two attached hydrogens (primary N) is 1. The minimum Gasteiger partial charge on any atom is -0.399 e. The molecule has 0 aromatic heterocycles. The molecule has 0 fully saturated rings. The van der Waals surface area contributed by atoms with Crippen molar-refractivity contribution in [2.45, 2.75) is 0 Å². The summed E-state index contributed by atoms with van der Waals surface area (Å²) < 4.78 is 0. The molecule has 0 aliphatic heterocycles. The van der Waals surface area contributed by atoms with Gasteiger partial charge in [-0.05, 0) is 12.2 Å². The molecular formula is C8H9N. The van der Waals surface area contributed by atoms with Gasteiger partial charge in [0.05, 0.1) is 0 Å². The molecule has 0 spiro atoms. The Bertz CT molecular complexity index is 195. The molecule has 0 bridgehead atoms. The molecule has 2 N–H and O–H groups in total. The van der Waals surface area contributed by atoms with E-state index in [1.807, 2.05) is 42.5 Å². The second-order valence-corrected chi connectivity index (χ2v) is 1.80. The van der Waals surface area contributed by atoms with Gasteiger partial charge in [0.15, 0.2) is 0 Å². The third-order valence-electron chi connectivity index (χ3n) is 1.02. The quantitative estimate of drug-likeness (QED) is 0.514. The highest BCUT2D eigenvalue weighted by Crippen LogP contribution is 1.92. The van der Waals surface area contributed by atoms with Gasteiger partial charge in [-0.25, -0.2) is 0 Å². The zero-order valence-electron chi connectivity index (χ0n) is 5.12. The monoisotopic (exact) mass is 119 g/mol. The zero-order valence-corrected chi connectivity index (χ0v) is 5.12. The Balaban J connectivity index is 2.77. The molecule has 0 saturated heterocycles. The van der Waals surface area contributed by atoms with Crippen LogP contribution in [0.5, 0.6) is 0 Å². The Labute approximate surface area is 54.9 Å². The van der Waals surface area contributed by atoms with Crippen LogP contribution in [0.4, 0.5) is 0 Å². The van der Waals surface area contributed by atoms with E-state index < -0.39 is 0 Å². The van der Waals surface area contributed by atoms with Crippen molar-refractivity contribution in [2.75, 3.05) is 0 Å². The third kappa shape index (κ3) is 2.00. The standard InChI is InChI=1S/C8H9N/c9-8-6-4-2-1-3-5-7-8/h1-7H,9H2/b2-1-,3-1?,4-2?,5-3-,6-4-,7-5?,8-6?,8-7+. The number of rotatable bonds is 0. The topological polar surface area (TPSA) is 26.0 Å². The minimum absolute atomic E-state index is 0.788. The van der Waals surface area contributed by atoms with E-state index in [0.717, 1.165) is 5.70 Å². The van der Waals surface area contributed by atoms with Gasteiger partial charge in [0.25, 0.3) is 0 Å². The van der Waals surface area contributed by atoms with Crippen LogP contribution in [0.1, 0.15) is 0 Å². The van der Waals surface area contributed by atoms with Gasteiger partial charge in [0.2, 0.25) is 0 Å². The molecule has 0 aromatic carbocycles. The van der Waals surface area contributed by atoms with E-state index in [1.165, 1.54) is 0 Å². The maximum Gasteiger partial charge on any atom is 0.0313 e. The van der Waals surface area contributed by atoms with Crippen molar-refractivity contribution in [3.05, 3.63) is 48.2 Å². The lowest BCUT2D eigenvalue weighted by molar-refractivity contribution is 1.42. The van der Waals surface area contributed by atoms with Crippen LogP contribution in [0.2, 0.25) is 0 Å². The SMILES string of the molecule is NC1=C/C=C\C=C/C=C\1. The first-order valence-corrected chi connectivity index (χ1v) is 2.87. The molecule has 1 nitrogen and oxygen atoms in total. The highest BCUT2D eigenvalue weighted by molar-refractivity contribution is 5.28. The minimum atomic E-state index is 0.788. The molecule has 9 heavy (non-hydrogen) atoms. The molecule has 0 heterocycles. The molecule has 46 valence electrons. The maximum atomic E-state index is 5.49. The zero-order chi connectivity index (χ0) is 6.53. The van der Waals surface area contributed by atoms with Crippen LogP contribution in [0.15, 0.2) is 48.2 Å². The highest BCUT2D eigenvalue weighted by atomic mass is 14.5. The van der Waals surface area contributed by atoms with E-state index in [2.05, 4.69) is 0 Å². The molecule has 0 aromatic rings. The van der Waals surface area contributed by atoms with E-state index in [1.54, 1.807) is 0 Å². The smallest absolute Gasteiger partial charge is 0.0313 e. The average molecular weight is 119 g/mol. The fraction of sp³-hybridized carbons (Fsp3) is 0. The predicted octanol–water partition coefficient (Wildman–Crippen LogP) is 1.51. The van der Waals surface area contributed by atoms with E-state index in [4.69, 9.17) is 5.73 Å². The van der Waals surface area contributed by atoms with E-state index in [9.17, 15) is 0 Å². The Morgan fingerprint density at radius 3 is 2.44 bits per heavy atom. The van der Waals surface area contributed by atoms with E-state index in [0.29, 0.717) is 0 Å². The van der Waals surface area contributed by atoms with Crippen LogP contribution in [0, 0.1) is 0 Å². The first-order chi connectivity index (χ1) is 4.39. The summed E-state index contributed by atoms with van der Waals surface area (Å²) in [6.07, 6.45) is 13.4. The maximum absolute atomic E-state index is 5.49. The Morgan fingerprint density at radius 1 is 0.889 bits per heavy atom. The molecule has 0 atom stereocenters. The number of allylic oxidation sites excluding steroid dienone is 7. The second-order valence-electron chi connectivity index (χ2n) is 1.80. The van der Waals surface area contributed by atoms with Crippen molar-refractivity contribution >= 4 is 0 Å². The third-order valence-corrected chi connectivity index (χ3v) is 1.02. The molecule has 0 saturated carbocycles. The Kier molecular flexibility index (Phi) is 1.91. The van der Waals surface area contributed by atoms with Crippen molar-refractivity contribution in [3.63, 3.8) is 0 Å². The summed E-state index contributed by atoms with van der Waals surface area (Å²) in [6.45, 7) is 0. The highest BCUT2D eigenvalue weighted by Gasteiger charge is 1.77. The lowest BCUT2D eigenvalue weighted by Gasteiger charge is -1.88.